The predicted octanol–water partition coefficient (Wildman–Crippen LogP) is 2.85. The number of anilines is 1. The fourth-order valence-corrected chi connectivity index (χ4v) is 2.35. The van der Waals surface area contributed by atoms with Gasteiger partial charge in [-0.2, -0.15) is 5.10 Å². The zero-order valence-corrected chi connectivity index (χ0v) is 11.3. The first-order chi connectivity index (χ1) is 9.58. The Kier molecular flexibility index (Phi) is 2.94. The minimum absolute atomic E-state index is 0.272. The van der Waals surface area contributed by atoms with E-state index in [1.54, 1.807) is 12.3 Å². The van der Waals surface area contributed by atoms with Crippen LogP contribution in [0.4, 0.5) is 10.2 Å². The third kappa shape index (κ3) is 1.94. The number of aryl methyl sites for hydroxylation is 1. The molecule has 0 amide bonds. The van der Waals surface area contributed by atoms with E-state index >= 15 is 0 Å². The van der Waals surface area contributed by atoms with E-state index < -0.39 is 5.82 Å². The lowest BCUT2D eigenvalue weighted by molar-refractivity contribution is 0.628. The van der Waals surface area contributed by atoms with Crippen molar-refractivity contribution in [3.05, 3.63) is 41.4 Å². The summed E-state index contributed by atoms with van der Waals surface area (Å²) in [5, 5.41) is 7.12. The highest BCUT2D eigenvalue weighted by molar-refractivity contribution is 6.33. The summed E-state index contributed by atoms with van der Waals surface area (Å²) in [6.07, 6.45) is 3.48. The highest BCUT2D eigenvalue weighted by Crippen LogP contribution is 2.37. The van der Waals surface area contributed by atoms with Crippen molar-refractivity contribution in [2.75, 3.05) is 5.73 Å². The van der Waals surface area contributed by atoms with E-state index in [1.165, 1.54) is 12.1 Å². The van der Waals surface area contributed by atoms with Crippen LogP contribution in [0.3, 0.4) is 0 Å². The van der Waals surface area contributed by atoms with Gasteiger partial charge in [-0.3, -0.25) is 5.10 Å². The molecule has 0 aliphatic rings. The summed E-state index contributed by atoms with van der Waals surface area (Å²) in [6, 6.07) is 4.15. The molecule has 2 aromatic heterocycles. The topological polar surface area (TPSA) is 72.5 Å². The number of rotatable bonds is 2. The molecule has 0 radical (unpaired) electrons. The summed E-state index contributed by atoms with van der Waals surface area (Å²) < 4.78 is 15.0. The molecule has 102 valence electrons. The summed E-state index contributed by atoms with van der Waals surface area (Å²) in [4.78, 5) is 4.25. The Morgan fingerprint density at radius 3 is 2.85 bits per heavy atom. The van der Waals surface area contributed by atoms with Crippen molar-refractivity contribution < 1.29 is 4.39 Å². The molecule has 3 N–H and O–H groups in total. The van der Waals surface area contributed by atoms with E-state index in [0.29, 0.717) is 22.6 Å². The van der Waals surface area contributed by atoms with Crippen LogP contribution in [-0.4, -0.2) is 19.7 Å². The van der Waals surface area contributed by atoms with Gasteiger partial charge >= 0.3 is 0 Å². The van der Waals surface area contributed by atoms with Gasteiger partial charge in [-0.15, -0.1) is 0 Å². The van der Waals surface area contributed by atoms with Crippen molar-refractivity contribution >= 4 is 17.4 Å². The molecular formula is C13H11ClFN5. The fraction of sp³-hybridized carbons (Fsp3) is 0.0769. The lowest BCUT2D eigenvalue weighted by Gasteiger charge is -2.07. The smallest absolute Gasteiger partial charge is 0.158 e. The standard InChI is InChI=1S/C13H11ClFN5/c1-20-5-4-17-13(20)11-10(12(16)19-18-11)8-3-2-7(15)6-9(8)14/h2-6H,1H3,(H3,16,18,19). The van der Waals surface area contributed by atoms with Crippen molar-refractivity contribution in [2.45, 2.75) is 0 Å². The fourth-order valence-electron chi connectivity index (χ4n) is 2.09. The average Bonchev–Trinajstić information content (AvgIpc) is 2.96. The largest absolute Gasteiger partial charge is 0.382 e. The first-order valence-corrected chi connectivity index (χ1v) is 6.22. The number of nitrogens with one attached hydrogen (secondary N) is 1. The van der Waals surface area contributed by atoms with Crippen molar-refractivity contribution in [1.82, 2.24) is 19.7 Å². The Bertz CT molecular complexity index is 777. The van der Waals surface area contributed by atoms with Crippen LogP contribution in [0.15, 0.2) is 30.6 Å². The second-order valence-electron chi connectivity index (χ2n) is 4.34. The Morgan fingerprint density at radius 2 is 2.20 bits per heavy atom. The number of imidazole rings is 1. The molecule has 0 saturated carbocycles. The summed E-state index contributed by atoms with van der Waals surface area (Å²) in [5.74, 6) is 0.556. The van der Waals surface area contributed by atoms with Gasteiger partial charge in [0, 0.05) is 25.0 Å². The molecule has 3 rings (SSSR count). The first kappa shape index (κ1) is 12.7. The lowest BCUT2D eigenvalue weighted by Crippen LogP contribution is -1.95. The number of aromatic amines is 1. The third-order valence-corrected chi connectivity index (χ3v) is 3.35. The van der Waals surface area contributed by atoms with Crippen LogP contribution in [0.25, 0.3) is 22.6 Å². The van der Waals surface area contributed by atoms with E-state index in [1.807, 2.05) is 17.8 Å². The van der Waals surface area contributed by atoms with Crippen molar-refractivity contribution in [2.24, 2.45) is 7.05 Å². The van der Waals surface area contributed by atoms with Gasteiger partial charge in [-0.25, -0.2) is 9.37 Å². The number of halogens is 2. The van der Waals surface area contributed by atoms with Crippen LogP contribution >= 0.6 is 11.6 Å². The Hall–Kier alpha value is -2.34. The third-order valence-electron chi connectivity index (χ3n) is 3.04. The number of nitrogens with zero attached hydrogens (tertiary/aromatic N) is 3. The van der Waals surface area contributed by atoms with Crippen molar-refractivity contribution in [1.29, 1.82) is 0 Å². The molecule has 0 aliphatic heterocycles. The van der Waals surface area contributed by atoms with E-state index in [0.717, 1.165) is 0 Å². The predicted molar refractivity (Wildman–Crippen MR) is 75.6 cm³/mol. The Labute approximate surface area is 119 Å². The van der Waals surface area contributed by atoms with Crippen LogP contribution in [-0.2, 0) is 7.05 Å². The van der Waals surface area contributed by atoms with Gasteiger partial charge in [0.15, 0.2) is 11.6 Å². The van der Waals surface area contributed by atoms with Crippen LogP contribution in [0.2, 0.25) is 5.02 Å². The number of nitrogens with two attached hydrogens (primary N) is 1. The molecule has 0 fully saturated rings. The molecule has 0 saturated heterocycles. The van der Waals surface area contributed by atoms with Gasteiger partial charge in [0.25, 0.3) is 0 Å². The van der Waals surface area contributed by atoms with E-state index in [-0.39, 0.29) is 10.8 Å². The van der Waals surface area contributed by atoms with E-state index in [4.69, 9.17) is 17.3 Å². The van der Waals surface area contributed by atoms with Crippen LogP contribution in [0.5, 0.6) is 0 Å². The highest BCUT2D eigenvalue weighted by atomic mass is 35.5. The summed E-state index contributed by atoms with van der Waals surface area (Å²) in [5.41, 5.74) is 7.77. The summed E-state index contributed by atoms with van der Waals surface area (Å²) in [6.45, 7) is 0. The average molecular weight is 292 g/mol. The van der Waals surface area contributed by atoms with Gasteiger partial charge in [-0.1, -0.05) is 11.6 Å². The Morgan fingerprint density at radius 1 is 1.40 bits per heavy atom. The lowest BCUT2D eigenvalue weighted by atomic mass is 10.0. The molecule has 0 aliphatic carbocycles. The molecule has 5 nitrogen and oxygen atoms in total. The second-order valence-corrected chi connectivity index (χ2v) is 4.75. The molecule has 0 bridgehead atoms. The summed E-state index contributed by atoms with van der Waals surface area (Å²) >= 11 is 6.10. The van der Waals surface area contributed by atoms with Crippen LogP contribution < -0.4 is 5.73 Å². The minimum atomic E-state index is -0.403. The quantitative estimate of drug-likeness (QED) is 0.762. The maximum atomic E-state index is 13.2. The molecule has 3 aromatic rings. The zero-order chi connectivity index (χ0) is 14.3. The number of hydrogen-bond acceptors (Lipinski definition) is 3. The number of nitrogen functional groups attached to an aromatic ring is 1. The van der Waals surface area contributed by atoms with Gasteiger partial charge in [0.2, 0.25) is 0 Å². The SMILES string of the molecule is Cn1ccnc1-c1[nH]nc(N)c1-c1ccc(F)cc1Cl. The number of H-pyrrole nitrogens is 1. The monoisotopic (exact) mass is 291 g/mol. The molecule has 7 heteroatoms. The van der Waals surface area contributed by atoms with Crippen molar-refractivity contribution in [3.63, 3.8) is 0 Å². The maximum Gasteiger partial charge on any atom is 0.158 e. The van der Waals surface area contributed by atoms with Crippen LogP contribution in [0, 0.1) is 5.82 Å². The van der Waals surface area contributed by atoms with Crippen LogP contribution in [0.1, 0.15) is 0 Å². The normalized spacial score (nSPS) is 10.9. The van der Waals surface area contributed by atoms with Gasteiger partial charge in [-0.05, 0) is 18.2 Å². The zero-order valence-electron chi connectivity index (χ0n) is 10.6. The second kappa shape index (κ2) is 4.64. The van der Waals surface area contributed by atoms with Crippen molar-refractivity contribution in [3.8, 4) is 22.6 Å². The van der Waals surface area contributed by atoms with Gasteiger partial charge < -0.3 is 10.3 Å². The van der Waals surface area contributed by atoms with E-state index in [2.05, 4.69) is 15.2 Å². The summed E-state index contributed by atoms with van der Waals surface area (Å²) in [7, 11) is 1.86. The first-order valence-electron chi connectivity index (χ1n) is 5.85. The van der Waals surface area contributed by atoms with E-state index in [9.17, 15) is 4.39 Å². The molecule has 1 aromatic carbocycles. The molecule has 0 atom stereocenters. The number of benzene rings is 1. The number of hydrogen-bond donors (Lipinski definition) is 2. The molecule has 0 spiro atoms. The molecular weight excluding hydrogens is 281 g/mol. The Balaban J connectivity index is 2.24. The van der Waals surface area contributed by atoms with Gasteiger partial charge in [0.05, 0.1) is 10.6 Å². The number of aromatic nitrogens is 4. The molecule has 2 heterocycles. The molecule has 20 heavy (non-hydrogen) atoms. The highest BCUT2D eigenvalue weighted by Gasteiger charge is 2.19. The van der Waals surface area contributed by atoms with Gasteiger partial charge in [0.1, 0.15) is 11.5 Å². The maximum absolute atomic E-state index is 13.2. The molecule has 0 unspecified atom stereocenters. The minimum Gasteiger partial charge on any atom is -0.382 e.